The number of anilines is 1. The van der Waals surface area contributed by atoms with Crippen LogP contribution in [-0.4, -0.2) is 26.5 Å². The molecule has 0 aliphatic rings. The number of carbonyl (C=O) groups excluding carboxylic acids is 1. The fourth-order valence-electron chi connectivity index (χ4n) is 1.81. The second kappa shape index (κ2) is 5.92. The fraction of sp³-hybridized carbons (Fsp3) is 0.143. The van der Waals surface area contributed by atoms with Gasteiger partial charge < -0.3 is 4.74 Å². The summed E-state index contributed by atoms with van der Waals surface area (Å²) in [6, 6.07) is 9.17. The molecule has 7 heteroatoms. The van der Waals surface area contributed by atoms with Crippen molar-refractivity contribution in [3.05, 3.63) is 53.7 Å². The maximum absolute atomic E-state index is 12.3. The Bertz CT molecular complexity index is 758. The highest BCUT2D eigenvalue weighted by atomic mass is 32.2. The summed E-state index contributed by atoms with van der Waals surface area (Å²) in [7, 11) is -2.49. The second-order valence-corrected chi connectivity index (χ2v) is 5.94. The van der Waals surface area contributed by atoms with E-state index in [0.29, 0.717) is 11.1 Å². The molecular formula is C14H14N2O4S. The molecule has 21 heavy (non-hydrogen) atoms. The van der Waals surface area contributed by atoms with Crippen molar-refractivity contribution in [3.8, 4) is 0 Å². The van der Waals surface area contributed by atoms with Crippen molar-refractivity contribution in [2.24, 2.45) is 0 Å². The van der Waals surface area contributed by atoms with Crippen molar-refractivity contribution in [2.45, 2.75) is 11.8 Å². The van der Waals surface area contributed by atoms with Crippen LogP contribution in [0.15, 0.2) is 47.5 Å². The molecule has 0 aliphatic carbocycles. The lowest BCUT2D eigenvalue weighted by Gasteiger charge is -2.10. The minimum Gasteiger partial charge on any atom is -0.465 e. The van der Waals surface area contributed by atoms with Crippen molar-refractivity contribution in [3.63, 3.8) is 0 Å². The van der Waals surface area contributed by atoms with Gasteiger partial charge in [-0.25, -0.2) is 18.2 Å². The summed E-state index contributed by atoms with van der Waals surface area (Å²) in [5, 5.41) is 0. The largest absolute Gasteiger partial charge is 0.465 e. The first kappa shape index (κ1) is 15.0. The number of aryl methyl sites for hydroxylation is 1. The van der Waals surface area contributed by atoms with E-state index in [1.165, 1.54) is 31.5 Å². The number of rotatable bonds is 4. The molecule has 1 aromatic heterocycles. The van der Waals surface area contributed by atoms with Crippen LogP contribution in [0.25, 0.3) is 0 Å². The number of carbonyl (C=O) groups is 1. The van der Waals surface area contributed by atoms with E-state index < -0.39 is 16.0 Å². The van der Waals surface area contributed by atoms with Gasteiger partial charge in [0.1, 0.15) is 5.82 Å². The average Bonchev–Trinajstić information content (AvgIpc) is 2.46. The Labute approximate surface area is 122 Å². The quantitative estimate of drug-likeness (QED) is 0.873. The van der Waals surface area contributed by atoms with Gasteiger partial charge in [0.25, 0.3) is 10.0 Å². The molecule has 6 nitrogen and oxygen atoms in total. The average molecular weight is 306 g/mol. The number of esters is 1. The van der Waals surface area contributed by atoms with Crippen molar-refractivity contribution in [2.75, 3.05) is 11.8 Å². The number of nitrogens with zero attached hydrogens (tertiary/aromatic N) is 1. The molecule has 1 heterocycles. The first-order valence-corrected chi connectivity index (χ1v) is 7.55. The number of pyridine rings is 1. The molecule has 2 aromatic rings. The highest BCUT2D eigenvalue weighted by Gasteiger charge is 2.19. The first-order valence-electron chi connectivity index (χ1n) is 6.07. The molecule has 0 radical (unpaired) electrons. The number of methoxy groups -OCH3 is 1. The molecule has 0 bridgehead atoms. The number of hydrogen-bond donors (Lipinski definition) is 1. The lowest BCUT2D eigenvalue weighted by molar-refractivity contribution is 0.0600. The summed E-state index contributed by atoms with van der Waals surface area (Å²) >= 11 is 0. The van der Waals surface area contributed by atoms with Crippen LogP contribution in [0, 0.1) is 6.92 Å². The summed E-state index contributed by atoms with van der Waals surface area (Å²) in [4.78, 5) is 15.4. The van der Waals surface area contributed by atoms with Crippen molar-refractivity contribution in [1.82, 2.24) is 4.98 Å². The van der Waals surface area contributed by atoms with Gasteiger partial charge in [-0.1, -0.05) is 6.07 Å². The predicted octanol–water partition coefficient (Wildman–Crippen LogP) is 1.98. The summed E-state index contributed by atoms with van der Waals surface area (Å²) in [6.45, 7) is 1.61. The van der Waals surface area contributed by atoms with Crippen molar-refractivity contribution in [1.29, 1.82) is 0 Å². The van der Waals surface area contributed by atoms with Gasteiger partial charge in [-0.05, 0) is 42.8 Å². The Kier molecular flexibility index (Phi) is 4.23. The van der Waals surface area contributed by atoms with Gasteiger partial charge >= 0.3 is 5.97 Å². The van der Waals surface area contributed by atoms with Crippen molar-refractivity contribution >= 4 is 21.8 Å². The molecule has 0 aliphatic heterocycles. The lowest BCUT2D eigenvalue weighted by atomic mass is 10.1. The molecular weight excluding hydrogens is 292 g/mol. The first-order chi connectivity index (χ1) is 9.94. The van der Waals surface area contributed by atoms with Crippen LogP contribution >= 0.6 is 0 Å². The van der Waals surface area contributed by atoms with Gasteiger partial charge in [0.15, 0.2) is 0 Å². The molecule has 1 aromatic carbocycles. The Hall–Kier alpha value is -2.41. The molecule has 2 rings (SSSR count). The monoisotopic (exact) mass is 306 g/mol. The van der Waals surface area contributed by atoms with Gasteiger partial charge in [0.05, 0.1) is 17.6 Å². The Morgan fingerprint density at radius 2 is 2.00 bits per heavy atom. The van der Waals surface area contributed by atoms with E-state index in [-0.39, 0.29) is 10.7 Å². The smallest absolute Gasteiger partial charge is 0.337 e. The highest BCUT2D eigenvalue weighted by molar-refractivity contribution is 7.92. The summed E-state index contributed by atoms with van der Waals surface area (Å²) in [5.74, 6) is -0.284. The Morgan fingerprint density at radius 1 is 1.24 bits per heavy atom. The minimum absolute atomic E-state index is 0.0841. The molecule has 1 N–H and O–H groups in total. The standard InChI is InChI=1S/C14H14N2O4S/c1-10-9-11(14(17)20-2)6-7-12(10)21(18,19)16-13-5-3-4-8-15-13/h3-9H,1-2H3,(H,15,16). The van der Waals surface area contributed by atoms with Crippen LogP contribution in [-0.2, 0) is 14.8 Å². The zero-order chi connectivity index (χ0) is 15.5. The minimum atomic E-state index is -3.76. The van der Waals surface area contributed by atoms with Crippen LogP contribution in [0.2, 0.25) is 0 Å². The van der Waals surface area contributed by atoms with E-state index in [4.69, 9.17) is 0 Å². The van der Waals surface area contributed by atoms with E-state index in [1.54, 1.807) is 25.1 Å². The Morgan fingerprint density at radius 3 is 2.57 bits per heavy atom. The number of ether oxygens (including phenoxy) is 1. The summed E-state index contributed by atoms with van der Waals surface area (Å²) in [6.07, 6.45) is 1.49. The van der Waals surface area contributed by atoms with Crippen LogP contribution in [0.3, 0.4) is 0 Å². The summed E-state index contributed by atoms with van der Waals surface area (Å²) in [5.41, 5.74) is 0.744. The van der Waals surface area contributed by atoms with E-state index in [9.17, 15) is 13.2 Å². The van der Waals surface area contributed by atoms with Gasteiger partial charge in [-0.3, -0.25) is 4.72 Å². The third-order valence-corrected chi connectivity index (χ3v) is 4.30. The molecule has 0 fully saturated rings. The van der Waals surface area contributed by atoms with Crippen LogP contribution in [0.5, 0.6) is 0 Å². The SMILES string of the molecule is COC(=O)c1ccc(S(=O)(=O)Nc2ccccn2)c(C)c1. The zero-order valence-electron chi connectivity index (χ0n) is 11.5. The van der Waals surface area contributed by atoms with Gasteiger partial charge in [0, 0.05) is 6.20 Å². The van der Waals surface area contributed by atoms with Gasteiger partial charge in [-0.15, -0.1) is 0 Å². The molecule has 0 atom stereocenters. The highest BCUT2D eigenvalue weighted by Crippen LogP contribution is 2.19. The molecule has 110 valence electrons. The van der Waals surface area contributed by atoms with Crippen LogP contribution in [0.1, 0.15) is 15.9 Å². The third-order valence-electron chi connectivity index (χ3n) is 2.79. The maximum atomic E-state index is 12.3. The van der Waals surface area contributed by atoms with Crippen LogP contribution in [0.4, 0.5) is 5.82 Å². The third kappa shape index (κ3) is 3.38. The Balaban J connectivity index is 2.35. The molecule has 0 spiro atoms. The normalized spacial score (nSPS) is 11.0. The number of hydrogen-bond acceptors (Lipinski definition) is 5. The number of nitrogens with one attached hydrogen (secondary N) is 1. The molecule has 0 saturated heterocycles. The topological polar surface area (TPSA) is 85.4 Å². The molecule has 0 saturated carbocycles. The summed E-state index contributed by atoms with van der Waals surface area (Å²) < 4.78 is 31.6. The van der Waals surface area contributed by atoms with Crippen molar-refractivity contribution < 1.29 is 17.9 Å². The number of aromatic nitrogens is 1. The van der Waals surface area contributed by atoms with E-state index in [1.807, 2.05) is 0 Å². The molecule has 0 amide bonds. The lowest BCUT2D eigenvalue weighted by Crippen LogP contribution is -2.15. The van der Waals surface area contributed by atoms with Gasteiger partial charge in [-0.2, -0.15) is 0 Å². The van der Waals surface area contributed by atoms with E-state index >= 15 is 0 Å². The number of benzene rings is 1. The zero-order valence-corrected chi connectivity index (χ0v) is 12.3. The second-order valence-electron chi connectivity index (χ2n) is 4.29. The maximum Gasteiger partial charge on any atom is 0.337 e. The van der Waals surface area contributed by atoms with Crippen LogP contribution < -0.4 is 4.72 Å². The van der Waals surface area contributed by atoms with E-state index in [0.717, 1.165) is 0 Å². The predicted molar refractivity (Wildman–Crippen MR) is 77.6 cm³/mol. The fourth-order valence-corrected chi connectivity index (χ4v) is 3.05. The number of sulfonamides is 1. The molecule has 0 unspecified atom stereocenters. The van der Waals surface area contributed by atoms with Gasteiger partial charge in [0.2, 0.25) is 0 Å². The van der Waals surface area contributed by atoms with E-state index in [2.05, 4.69) is 14.4 Å².